The molecule has 0 saturated heterocycles. The molecule has 3 aliphatic heterocycles. The molecule has 3 aliphatic rings. The third-order valence-corrected chi connectivity index (χ3v) is 6.16. The first-order chi connectivity index (χ1) is 15.2. The van der Waals surface area contributed by atoms with Gasteiger partial charge in [-0.25, -0.2) is 0 Å². The number of hydrogen-bond donors (Lipinski definition) is 3. The summed E-state index contributed by atoms with van der Waals surface area (Å²) < 4.78 is 27.9. The number of methoxy groups -OCH3 is 2. The fraction of sp³-hybridized carbons (Fsp3) is 0.348. The standard InChI is InChI=1S/C23H22O9/c1-9(2)13-5-10-14(30-13)7-12(24)18-19(10)32-21-22(26)31-15-8-17(29-4)16(28-3)6-11(15)23(21,27)20(18)25/h6-8,13,21-22,24,26-27H,1,5H2,2-4H3/t13-,21+,22-,23+/m0/s1. The van der Waals surface area contributed by atoms with Crippen molar-refractivity contribution >= 4 is 5.78 Å². The van der Waals surface area contributed by atoms with E-state index in [0.717, 1.165) is 5.57 Å². The summed E-state index contributed by atoms with van der Waals surface area (Å²) in [6.45, 7) is 5.71. The van der Waals surface area contributed by atoms with Crippen LogP contribution in [0, 0.1) is 0 Å². The normalized spacial score (nSPS) is 27.0. The monoisotopic (exact) mass is 442 g/mol. The van der Waals surface area contributed by atoms with Gasteiger partial charge in [-0.1, -0.05) is 6.58 Å². The van der Waals surface area contributed by atoms with Crippen LogP contribution in [0.15, 0.2) is 30.4 Å². The van der Waals surface area contributed by atoms with Gasteiger partial charge in [-0.05, 0) is 18.6 Å². The van der Waals surface area contributed by atoms with Crippen molar-refractivity contribution in [1.29, 1.82) is 0 Å². The molecule has 5 rings (SSSR count). The Morgan fingerprint density at radius 3 is 2.47 bits per heavy atom. The average molecular weight is 442 g/mol. The van der Waals surface area contributed by atoms with E-state index in [1.54, 1.807) is 0 Å². The van der Waals surface area contributed by atoms with Crippen molar-refractivity contribution in [2.75, 3.05) is 14.2 Å². The summed E-state index contributed by atoms with van der Waals surface area (Å²) in [6, 6.07) is 4.12. The van der Waals surface area contributed by atoms with Gasteiger partial charge in [0.2, 0.25) is 18.2 Å². The van der Waals surface area contributed by atoms with E-state index >= 15 is 0 Å². The first-order valence-electron chi connectivity index (χ1n) is 9.96. The molecule has 0 bridgehead atoms. The second-order valence-electron chi connectivity index (χ2n) is 8.08. The quantitative estimate of drug-likeness (QED) is 0.611. The third kappa shape index (κ3) is 2.55. The Kier molecular flexibility index (Phi) is 4.34. The predicted molar refractivity (Wildman–Crippen MR) is 110 cm³/mol. The summed E-state index contributed by atoms with van der Waals surface area (Å²) in [5.74, 6) is -0.276. The lowest BCUT2D eigenvalue weighted by atomic mass is 9.76. The Bertz CT molecular complexity index is 1170. The molecule has 2 aromatic rings. The molecule has 168 valence electrons. The van der Waals surface area contributed by atoms with E-state index in [-0.39, 0.29) is 40.2 Å². The van der Waals surface area contributed by atoms with Crippen LogP contribution >= 0.6 is 0 Å². The van der Waals surface area contributed by atoms with Crippen LogP contribution in [0.4, 0.5) is 0 Å². The molecule has 9 heteroatoms. The van der Waals surface area contributed by atoms with Crippen LogP contribution in [0.25, 0.3) is 0 Å². The summed E-state index contributed by atoms with van der Waals surface area (Å²) in [7, 11) is 2.83. The zero-order valence-corrected chi connectivity index (χ0v) is 17.7. The number of hydrogen-bond acceptors (Lipinski definition) is 9. The minimum absolute atomic E-state index is 0.0251. The maximum absolute atomic E-state index is 13.7. The van der Waals surface area contributed by atoms with Crippen LogP contribution in [0.3, 0.4) is 0 Å². The Labute approximate surface area is 183 Å². The molecule has 0 spiro atoms. The molecule has 0 saturated carbocycles. The van der Waals surface area contributed by atoms with Crippen molar-refractivity contribution in [2.24, 2.45) is 0 Å². The molecule has 3 heterocycles. The highest BCUT2D eigenvalue weighted by molar-refractivity contribution is 6.09. The number of carbonyl (C=O) groups excluding carboxylic acids is 1. The number of ketones is 1. The van der Waals surface area contributed by atoms with E-state index in [1.165, 1.54) is 32.4 Å². The second kappa shape index (κ2) is 6.78. The molecule has 0 radical (unpaired) electrons. The first kappa shape index (κ1) is 20.5. The molecule has 2 aromatic carbocycles. The molecule has 3 N–H and O–H groups in total. The van der Waals surface area contributed by atoms with Crippen molar-refractivity contribution in [1.82, 2.24) is 0 Å². The van der Waals surface area contributed by atoms with Crippen LogP contribution in [0.5, 0.6) is 34.5 Å². The van der Waals surface area contributed by atoms with Gasteiger partial charge in [-0.2, -0.15) is 0 Å². The molecular formula is C23H22O9. The molecule has 0 amide bonds. The number of Topliss-reactive ketones (excluding diaryl/α,β-unsaturated/α-hetero) is 1. The van der Waals surface area contributed by atoms with Crippen LogP contribution < -0.4 is 23.7 Å². The highest BCUT2D eigenvalue weighted by Crippen LogP contribution is 2.54. The van der Waals surface area contributed by atoms with Gasteiger partial charge in [0.25, 0.3) is 0 Å². The molecule has 0 unspecified atom stereocenters. The highest BCUT2D eigenvalue weighted by Gasteiger charge is 2.61. The van der Waals surface area contributed by atoms with Crippen molar-refractivity contribution in [3.8, 4) is 34.5 Å². The second-order valence-corrected chi connectivity index (χ2v) is 8.08. The Hall–Kier alpha value is -3.43. The summed E-state index contributed by atoms with van der Waals surface area (Å²) in [6.07, 6.45) is -3.16. The summed E-state index contributed by atoms with van der Waals surface area (Å²) >= 11 is 0. The summed E-state index contributed by atoms with van der Waals surface area (Å²) in [5.41, 5.74) is -1.20. The maximum atomic E-state index is 13.7. The van der Waals surface area contributed by atoms with Gasteiger partial charge in [0.1, 0.15) is 34.7 Å². The number of aliphatic hydroxyl groups excluding tert-OH is 1. The number of aromatic hydroxyl groups is 1. The molecular weight excluding hydrogens is 420 g/mol. The van der Waals surface area contributed by atoms with Crippen molar-refractivity contribution in [3.05, 3.63) is 47.0 Å². The molecule has 0 aromatic heterocycles. The number of rotatable bonds is 3. The van der Waals surface area contributed by atoms with Crippen LogP contribution in [-0.4, -0.2) is 53.8 Å². The Balaban J connectivity index is 1.70. The number of aliphatic hydroxyl groups is 2. The summed E-state index contributed by atoms with van der Waals surface area (Å²) in [4.78, 5) is 13.7. The van der Waals surface area contributed by atoms with E-state index < -0.39 is 29.5 Å². The first-order valence-corrected chi connectivity index (χ1v) is 9.96. The number of phenols is 1. The lowest BCUT2D eigenvalue weighted by Crippen LogP contribution is -2.61. The van der Waals surface area contributed by atoms with Crippen LogP contribution in [0.2, 0.25) is 0 Å². The van der Waals surface area contributed by atoms with E-state index in [1.807, 2.05) is 6.92 Å². The SMILES string of the molecule is C=C(C)[C@@H]1Cc2c(cc(O)c3c2O[C@@H]2[C@@H](O)Oc4cc(OC)c(OC)cc4[C@@]2(O)C3=O)O1. The van der Waals surface area contributed by atoms with E-state index in [2.05, 4.69) is 6.58 Å². The van der Waals surface area contributed by atoms with Gasteiger partial charge in [-0.15, -0.1) is 0 Å². The molecule has 4 atom stereocenters. The number of carbonyl (C=O) groups is 1. The number of fused-ring (bicyclic) bond motifs is 6. The molecule has 32 heavy (non-hydrogen) atoms. The fourth-order valence-corrected chi connectivity index (χ4v) is 4.49. The van der Waals surface area contributed by atoms with Crippen LogP contribution in [-0.2, 0) is 12.0 Å². The lowest BCUT2D eigenvalue weighted by Gasteiger charge is -2.45. The Morgan fingerprint density at radius 2 is 1.81 bits per heavy atom. The largest absolute Gasteiger partial charge is 0.507 e. The average Bonchev–Trinajstić information content (AvgIpc) is 3.19. The van der Waals surface area contributed by atoms with Crippen molar-refractivity contribution < 1.29 is 43.8 Å². The maximum Gasteiger partial charge on any atom is 0.238 e. The van der Waals surface area contributed by atoms with Gasteiger partial charge in [-0.3, -0.25) is 4.79 Å². The van der Waals surface area contributed by atoms with Gasteiger partial charge >= 0.3 is 0 Å². The zero-order valence-electron chi connectivity index (χ0n) is 17.7. The van der Waals surface area contributed by atoms with E-state index in [9.17, 15) is 20.1 Å². The molecule has 0 fully saturated rings. The van der Waals surface area contributed by atoms with Crippen LogP contribution in [0.1, 0.15) is 28.4 Å². The van der Waals surface area contributed by atoms with Gasteiger partial charge in [0, 0.05) is 29.7 Å². The third-order valence-electron chi connectivity index (χ3n) is 6.16. The number of benzene rings is 2. The van der Waals surface area contributed by atoms with Crippen molar-refractivity contribution in [2.45, 2.75) is 37.4 Å². The lowest BCUT2D eigenvalue weighted by molar-refractivity contribution is -0.179. The van der Waals surface area contributed by atoms with E-state index in [0.29, 0.717) is 17.7 Å². The minimum atomic E-state index is -2.35. The Morgan fingerprint density at radius 1 is 1.12 bits per heavy atom. The van der Waals surface area contributed by atoms with E-state index in [4.69, 9.17) is 23.7 Å². The minimum Gasteiger partial charge on any atom is -0.507 e. The summed E-state index contributed by atoms with van der Waals surface area (Å²) in [5, 5.41) is 33.0. The fourth-order valence-electron chi connectivity index (χ4n) is 4.49. The molecule has 9 nitrogen and oxygen atoms in total. The zero-order chi connectivity index (χ0) is 22.9. The smallest absolute Gasteiger partial charge is 0.238 e. The number of phenolic OH excluding ortho intramolecular Hbond substituents is 1. The predicted octanol–water partition coefficient (Wildman–Crippen LogP) is 1.83. The van der Waals surface area contributed by atoms with Gasteiger partial charge in [0.15, 0.2) is 17.1 Å². The highest BCUT2D eigenvalue weighted by atomic mass is 16.6. The number of ether oxygens (including phenoxy) is 5. The van der Waals surface area contributed by atoms with Crippen molar-refractivity contribution in [3.63, 3.8) is 0 Å². The van der Waals surface area contributed by atoms with Gasteiger partial charge < -0.3 is 39.0 Å². The topological polar surface area (TPSA) is 124 Å². The van der Waals surface area contributed by atoms with Gasteiger partial charge in [0.05, 0.1) is 14.2 Å². The molecule has 0 aliphatic carbocycles.